The number of carbonyl (C=O) groups is 2. The van der Waals surface area contributed by atoms with E-state index in [9.17, 15) is 24.2 Å². The lowest BCUT2D eigenvalue weighted by Gasteiger charge is -2.39. The molecule has 0 saturated heterocycles. The minimum atomic E-state index is -1.18. The Bertz CT molecular complexity index is 1070. The summed E-state index contributed by atoms with van der Waals surface area (Å²) in [6.45, 7) is 4.63. The van der Waals surface area contributed by atoms with Crippen LogP contribution in [0.2, 0.25) is 5.02 Å². The maximum atomic E-state index is 14.8. The molecule has 0 aliphatic heterocycles. The van der Waals surface area contributed by atoms with Crippen LogP contribution in [-0.4, -0.2) is 40.8 Å². The second-order valence-electron chi connectivity index (χ2n) is 12.8. The summed E-state index contributed by atoms with van der Waals surface area (Å²) in [4.78, 5) is 24.8. The summed E-state index contributed by atoms with van der Waals surface area (Å²) >= 11 is 6.36. The van der Waals surface area contributed by atoms with Crippen molar-refractivity contribution in [3.05, 3.63) is 28.5 Å². The van der Waals surface area contributed by atoms with E-state index >= 15 is 0 Å². The zero-order chi connectivity index (χ0) is 27.2. The molecule has 210 valence electrons. The van der Waals surface area contributed by atoms with Gasteiger partial charge in [0.25, 0.3) is 0 Å². The van der Waals surface area contributed by atoms with Gasteiger partial charge in [-0.15, -0.1) is 0 Å². The fourth-order valence-electron chi connectivity index (χ4n) is 7.14. The Morgan fingerprint density at radius 2 is 1.82 bits per heavy atom. The molecule has 1 amide bonds. The number of aliphatic hydroxyl groups is 1. The van der Waals surface area contributed by atoms with Crippen molar-refractivity contribution in [2.24, 2.45) is 28.6 Å². The summed E-state index contributed by atoms with van der Waals surface area (Å²) in [7, 11) is 0. The number of halogens is 2. The second kappa shape index (κ2) is 10.6. The van der Waals surface area contributed by atoms with E-state index in [2.05, 4.69) is 17.6 Å². The van der Waals surface area contributed by atoms with Crippen molar-refractivity contribution >= 4 is 23.5 Å². The maximum Gasteiger partial charge on any atom is 0.309 e. The first-order valence-electron chi connectivity index (χ1n) is 14.1. The molecule has 2 bridgehead atoms. The number of rotatable bonds is 9. The van der Waals surface area contributed by atoms with E-state index in [1.807, 2.05) is 0 Å². The van der Waals surface area contributed by atoms with E-state index in [0.29, 0.717) is 49.6 Å². The molecule has 0 aromatic heterocycles. The van der Waals surface area contributed by atoms with E-state index < -0.39 is 23.4 Å². The number of benzene rings is 1. The van der Waals surface area contributed by atoms with Gasteiger partial charge in [-0.2, -0.15) is 0 Å². The Kier molecular flexibility index (Phi) is 7.70. The highest BCUT2D eigenvalue weighted by atomic mass is 35.5. The number of carbonyl (C=O) groups excluding carboxylic acids is 1. The fraction of sp³-hybridized carbons (Fsp3) is 0.724. The molecular weight excluding hydrogens is 511 g/mol. The number of hydrogen-bond donors (Lipinski definition) is 4. The Morgan fingerprint density at radius 3 is 2.45 bits per heavy atom. The summed E-state index contributed by atoms with van der Waals surface area (Å²) in [5.74, 6) is -1.03. The van der Waals surface area contributed by atoms with E-state index in [-0.39, 0.29) is 40.2 Å². The number of fused-ring (bicyclic) bond motifs is 2. The van der Waals surface area contributed by atoms with Gasteiger partial charge >= 0.3 is 5.97 Å². The van der Waals surface area contributed by atoms with Gasteiger partial charge in [-0.3, -0.25) is 14.9 Å². The third-order valence-corrected chi connectivity index (χ3v) is 10.3. The Labute approximate surface area is 228 Å². The average molecular weight is 551 g/mol. The number of carboxylic acid groups (broad SMARTS) is 1. The molecule has 1 aromatic rings. The highest BCUT2D eigenvalue weighted by Gasteiger charge is 2.51. The normalized spacial score (nSPS) is 34.4. The summed E-state index contributed by atoms with van der Waals surface area (Å²) in [6.07, 6.45) is 6.89. The molecule has 7 nitrogen and oxygen atoms in total. The topological polar surface area (TPSA) is 108 Å². The second-order valence-corrected chi connectivity index (χ2v) is 13.2. The van der Waals surface area contributed by atoms with Gasteiger partial charge in [0.05, 0.1) is 22.5 Å². The predicted octanol–water partition coefficient (Wildman–Crippen LogP) is 5.19. The SMILES string of the molecule is CC1(CNC(=O)[C@H]2[C@@H]3CC[C@@H](C3)[C@H]2NC(O)c2cc(O[C@H]3CC[C@@](C)(C(=O)O)CC3)c(F)cc2Cl)CCC1. The van der Waals surface area contributed by atoms with E-state index in [0.717, 1.165) is 38.2 Å². The number of hydrogen-bond acceptors (Lipinski definition) is 5. The minimum Gasteiger partial charge on any atom is -0.487 e. The third kappa shape index (κ3) is 5.41. The van der Waals surface area contributed by atoms with Crippen LogP contribution >= 0.6 is 11.6 Å². The number of aliphatic hydroxyl groups excluding tert-OH is 1. The maximum absolute atomic E-state index is 14.8. The van der Waals surface area contributed by atoms with E-state index in [1.165, 1.54) is 12.5 Å². The van der Waals surface area contributed by atoms with Gasteiger partial charge in [-0.05, 0) is 94.1 Å². The zero-order valence-corrected chi connectivity index (χ0v) is 23.0. The number of carboxylic acids is 1. The van der Waals surface area contributed by atoms with Crippen molar-refractivity contribution in [2.45, 2.75) is 96.4 Å². The lowest BCUT2D eigenvalue weighted by Crippen LogP contribution is -2.51. The lowest BCUT2D eigenvalue weighted by molar-refractivity contribution is -0.150. The molecule has 4 fully saturated rings. The molecule has 1 unspecified atom stereocenters. The standard InChI is InChI=1S/C29H40ClFN2O5/c1-28(8-3-9-28)15-32-26(35)23-16-4-5-17(12-16)24(23)33-25(34)19-13-22(21(31)14-20(19)30)38-18-6-10-29(2,11-7-18)27(36)37/h13-14,16-18,23-25,33-34H,3-12,15H2,1-2H3,(H,32,35)(H,36,37)/t16-,17+,18-,23+,24-,25?,29+/m1/s1. The first-order chi connectivity index (χ1) is 18.0. The summed E-state index contributed by atoms with van der Waals surface area (Å²) in [5.41, 5.74) is -0.292. The quantitative estimate of drug-likeness (QED) is 0.315. The predicted molar refractivity (Wildman–Crippen MR) is 141 cm³/mol. The first kappa shape index (κ1) is 27.7. The summed E-state index contributed by atoms with van der Waals surface area (Å²) in [6, 6.07) is 2.39. The Balaban J connectivity index is 1.25. The third-order valence-electron chi connectivity index (χ3n) is 10.0. The molecule has 4 aliphatic carbocycles. The van der Waals surface area contributed by atoms with Crippen molar-refractivity contribution in [3.8, 4) is 5.75 Å². The summed E-state index contributed by atoms with van der Waals surface area (Å²) in [5, 5.41) is 27.2. The van der Waals surface area contributed by atoms with Gasteiger partial charge < -0.3 is 20.3 Å². The summed E-state index contributed by atoms with van der Waals surface area (Å²) < 4.78 is 20.7. The highest BCUT2D eigenvalue weighted by Crippen LogP contribution is 2.50. The molecule has 1 aromatic carbocycles. The molecule has 0 spiro atoms. The number of amides is 1. The van der Waals surface area contributed by atoms with Gasteiger partial charge in [0.15, 0.2) is 11.6 Å². The molecule has 4 N–H and O–H groups in total. The first-order valence-corrected chi connectivity index (χ1v) is 14.5. The van der Waals surface area contributed by atoms with Crippen LogP contribution in [0.4, 0.5) is 4.39 Å². The monoisotopic (exact) mass is 550 g/mol. The molecule has 0 radical (unpaired) electrons. The number of aliphatic carboxylic acids is 1. The van der Waals surface area contributed by atoms with Crippen LogP contribution in [0, 0.1) is 34.4 Å². The van der Waals surface area contributed by atoms with Crippen LogP contribution in [0.25, 0.3) is 0 Å². The van der Waals surface area contributed by atoms with Gasteiger partial charge in [-0.1, -0.05) is 24.9 Å². The highest BCUT2D eigenvalue weighted by molar-refractivity contribution is 6.31. The molecule has 5 atom stereocenters. The van der Waals surface area contributed by atoms with Crippen LogP contribution in [-0.2, 0) is 9.59 Å². The van der Waals surface area contributed by atoms with Crippen molar-refractivity contribution < 1.29 is 28.9 Å². The number of nitrogens with one attached hydrogen (secondary N) is 2. The average Bonchev–Trinajstić information content (AvgIpc) is 3.46. The van der Waals surface area contributed by atoms with Crippen LogP contribution < -0.4 is 15.4 Å². The van der Waals surface area contributed by atoms with Gasteiger partial charge in [0.1, 0.15) is 6.23 Å². The van der Waals surface area contributed by atoms with Crippen molar-refractivity contribution in [1.82, 2.24) is 10.6 Å². The molecule has 38 heavy (non-hydrogen) atoms. The minimum absolute atomic E-state index is 0.00911. The van der Waals surface area contributed by atoms with E-state index in [4.69, 9.17) is 16.3 Å². The van der Waals surface area contributed by atoms with Crippen LogP contribution in [0.3, 0.4) is 0 Å². The van der Waals surface area contributed by atoms with Gasteiger partial charge in [-0.25, -0.2) is 4.39 Å². The smallest absolute Gasteiger partial charge is 0.309 e. The van der Waals surface area contributed by atoms with Crippen LogP contribution in [0.1, 0.15) is 89.8 Å². The molecule has 0 heterocycles. The molecule has 4 aliphatic rings. The Morgan fingerprint density at radius 1 is 1.13 bits per heavy atom. The molecule has 5 rings (SSSR count). The Hall–Kier alpha value is -1.90. The van der Waals surface area contributed by atoms with Gasteiger partial charge in [0, 0.05) is 18.2 Å². The molecular formula is C29H40ClFN2O5. The molecule has 9 heteroatoms. The zero-order valence-electron chi connectivity index (χ0n) is 22.3. The van der Waals surface area contributed by atoms with Crippen molar-refractivity contribution in [3.63, 3.8) is 0 Å². The van der Waals surface area contributed by atoms with Crippen LogP contribution in [0.15, 0.2) is 12.1 Å². The van der Waals surface area contributed by atoms with Crippen molar-refractivity contribution in [1.29, 1.82) is 0 Å². The van der Waals surface area contributed by atoms with E-state index in [1.54, 1.807) is 6.92 Å². The fourth-order valence-corrected chi connectivity index (χ4v) is 7.39. The van der Waals surface area contributed by atoms with Crippen molar-refractivity contribution in [2.75, 3.05) is 6.54 Å². The molecule has 4 saturated carbocycles. The van der Waals surface area contributed by atoms with Crippen LogP contribution in [0.5, 0.6) is 5.75 Å². The largest absolute Gasteiger partial charge is 0.487 e. The van der Waals surface area contributed by atoms with Gasteiger partial charge in [0.2, 0.25) is 5.91 Å². The lowest BCUT2D eigenvalue weighted by atomic mass is 9.70. The number of ether oxygens (including phenoxy) is 1.